The minimum Gasteiger partial charge on any atom is -0.478 e. The number of hydrogen-bond donors (Lipinski definition) is 3. The lowest BCUT2D eigenvalue weighted by Crippen LogP contribution is -2.30. The van der Waals surface area contributed by atoms with Crippen LogP contribution in [0.4, 0.5) is 0 Å². The maximum Gasteiger partial charge on any atom is 0.335 e. The first-order chi connectivity index (χ1) is 12.7. The van der Waals surface area contributed by atoms with Crippen LogP contribution in [0.15, 0.2) is 53.4 Å². The summed E-state index contributed by atoms with van der Waals surface area (Å²) in [5, 5.41) is 11.7. The second kappa shape index (κ2) is 8.79. The number of benzene rings is 2. The molecule has 2 rings (SSSR count). The molecule has 0 aliphatic rings. The second-order valence-corrected chi connectivity index (χ2v) is 8.03. The summed E-state index contributed by atoms with van der Waals surface area (Å²) < 4.78 is 26.6. The number of hydrogen-bond acceptors (Lipinski definition) is 4. The first-order valence-corrected chi connectivity index (χ1v) is 9.90. The van der Waals surface area contributed by atoms with E-state index in [9.17, 15) is 18.0 Å². The number of carboxylic acids is 1. The van der Waals surface area contributed by atoms with E-state index in [4.69, 9.17) is 5.11 Å². The molecule has 7 nitrogen and oxygen atoms in total. The summed E-state index contributed by atoms with van der Waals surface area (Å²) in [4.78, 5) is 23.2. The Bertz CT molecular complexity index is 921. The van der Waals surface area contributed by atoms with E-state index in [0.29, 0.717) is 18.5 Å². The van der Waals surface area contributed by atoms with Gasteiger partial charge in [0.2, 0.25) is 10.0 Å². The van der Waals surface area contributed by atoms with E-state index in [1.54, 1.807) is 32.0 Å². The number of amides is 1. The van der Waals surface area contributed by atoms with Crippen LogP contribution in [-0.4, -0.2) is 38.0 Å². The summed E-state index contributed by atoms with van der Waals surface area (Å²) in [5.74, 6) is -1.33. The average molecular weight is 390 g/mol. The molecule has 8 heteroatoms. The van der Waals surface area contributed by atoms with Gasteiger partial charge in [0.25, 0.3) is 5.91 Å². The molecule has 0 heterocycles. The Morgan fingerprint density at radius 1 is 1.04 bits per heavy atom. The van der Waals surface area contributed by atoms with Crippen LogP contribution in [-0.2, 0) is 16.4 Å². The molecule has 0 fully saturated rings. The third-order valence-corrected chi connectivity index (χ3v) is 5.37. The van der Waals surface area contributed by atoms with Gasteiger partial charge in [-0.1, -0.05) is 12.1 Å². The number of aromatic carboxylic acids is 1. The predicted molar refractivity (Wildman–Crippen MR) is 101 cm³/mol. The standard InChI is InChI=1S/C19H22N2O5S/c1-13(2)21-27(25,26)17-8-6-15(7-9-17)18(22)20-11-10-14-4-3-5-16(12-14)19(23)24/h3-9,12-13,21H,10-11H2,1-2H3,(H,20,22)(H,23,24). The van der Waals surface area contributed by atoms with Crippen molar-refractivity contribution in [2.75, 3.05) is 6.54 Å². The fourth-order valence-electron chi connectivity index (χ4n) is 2.45. The van der Waals surface area contributed by atoms with Crippen LogP contribution in [0.2, 0.25) is 0 Å². The normalized spacial score (nSPS) is 11.4. The van der Waals surface area contributed by atoms with E-state index in [0.717, 1.165) is 5.56 Å². The van der Waals surface area contributed by atoms with Crippen LogP contribution < -0.4 is 10.0 Å². The van der Waals surface area contributed by atoms with E-state index < -0.39 is 16.0 Å². The molecule has 0 saturated heterocycles. The maximum atomic E-state index is 12.2. The third kappa shape index (κ3) is 5.90. The predicted octanol–water partition coefficient (Wildman–Crippen LogP) is 2.04. The van der Waals surface area contributed by atoms with Crippen LogP contribution in [0.5, 0.6) is 0 Å². The number of carbonyl (C=O) groups is 2. The molecule has 3 N–H and O–H groups in total. The fraction of sp³-hybridized carbons (Fsp3) is 0.263. The molecule has 0 atom stereocenters. The van der Waals surface area contributed by atoms with E-state index in [-0.39, 0.29) is 22.4 Å². The molecule has 0 aromatic heterocycles. The van der Waals surface area contributed by atoms with Gasteiger partial charge in [0, 0.05) is 18.2 Å². The second-order valence-electron chi connectivity index (χ2n) is 6.31. The zero-order valence-electron chi connectivity index (χ0n) is 15.1. The Hall–Kier alpha value is -2.71. The third-order valence-electron chi connectivity index (χ3n) is 3.69. The van der Waals surface area contributed by atoms with Crippen LogP contribution in [0, 0.1) is 0 Å². The minimum atomic E-state index is -3.60. The van der Waals surface area contributed by atoms with Crippen molar-refractivity contribution in [3.8, 4) is 0 Å². The Balaban J connectivity index is 1.95. The number of sulfonamides is 1. The highest BCUT2D eigenvalue weighted by Crippen LogP contribution is 2.11. The minimum absolute atomic E-state index is 0.0956. The summed E-state index contributed by atoms with van der Waals surface area (Å²) in [6, 6.07) is 12.0. The molecule has 0 radical (unpaired) electrons. The van der Waals surface area contributed by atoms with E-state index in [1.165, 1.54) is 30.3 Å². The number of carboxylic acid groups (broad SMARTS) is 1. The Kier molecular flexibility index (Phi) is 6.70. The summed E-state index contributed by atoms with van der Waals surface area (Å²) in [5.41, 5.74) is 1.35. The van der Waals surface area contributed by atoms with Crippen LogP contribution in [0.3, 0.4) is 0 Å². The molecule has 144 valence electrons. The quantitative estimate of drug-likeness (QED) is 0.638. The average Bonchev–Trinajstić information content (AvgIpc) is 2.61. The van der Waals surface area contributed by atoms with Crippen molar-refractivity contribution in [1.82, 2.24) is 10.0 Å². The van der Waals surface area contributed by atoms with Crippen molar-refractivity contribution in [3.05, 3.63) is 65.2 Å². The topological polar surface area (TPSA) is 113 Å². The monoisotopic (exact) mass is 390 g/mol. The first-order valence-electron chi connectivity index (χ1n) is 8.42. The summed E-state index contributed by atoms with van der Waals surface area (Å²) >= 11 is 0. The summed E-state index contributed by atoms with van der Waals surface area (Å²) in [7, 11) is -3.60. The molecule has 1 amide bonds. The van der Waals surface area contributed by atoms with E-state index in [1.807, 2.05) is 0 Å². The van der Waals surface area contributed by atoms with Crippen molar-refractivity contribution in [1.29, 1.82) is 0 Å². The molecule has 0 bridgehead atoms. The molecule has 0 aliphatic heterocycles. The molecule has 0 aliphatic carbocycles. The smallest absolute Gasteiger partial charge is 0.335 e. The van der Waals surface area contributed by atoms with Gasteiger partial charge in [-0.2, -0.15) is 0 Å². The van der Waals surface area contributed by atoms with Gasteiger partial charge < -0.3 is 10.4 Å². The highest BCUT2D eigenvalue weighted by molar-refractivity contribution is 7.89. The maximum absolute atomic E-state index is 12.2. The Labute approximate surface area is 158 Å². The van der Waals surface area contributed by atoms with Gasteiger partial charge in [-0.15, -0.1) is 0 Å². The molecule has 0 unspecified atom stereocenters. The van der Waals surface area contributed by atoms with Gasteiger partial charge >= 0.3 is 5.97 Å². The van der Waals surface area contributed by atoms with Crippen LogP contribution in [0.25, 0.3) is 0 Å². The number of nitrogens with one attached hydrogen (secondary N) is 2. The Morgan fingerprint density at radius 2 is 1.70 bits per heavy atom. The summed E-state index contributed by atoms with van der Waals surface area (Å²) in [6.45, 7) is 3.79. The molecule has 27 heavy (non-hydrogen) atoms. The van der Waals surface area contributed by atoms with Crippen LogP contribution >= 0.6 is 0 Å². The van der Waals surface area contributed by atoms with Crippen molar-refractivity contribution in [3.63, 3.8) is 0 Å². The molecule has 2 aromatic rings. The SMILES string of the molecule is CC(C)NS(=O)(=O)c1ccc(C(=O)NCCc2cccc(C(=O)O)c2)cc1. The number of rotatable bonds is 8. The molecular formula is C19H22N2O5S. The van der Waals surface area contributed by atoms with E-state index >= 15 is 0 Å². The molecule has 0 saturated carbocycles. The van der Waals surface area contributed by atoms with Gasteiger partial charge in [0.1, 0.15) is 0 Å². The lowest BCUT2D eigenvalue weighted by atomic mass is 10.1. The van der Waals surface area contributed by atoms with Crippen molar-refractivity contribution in [2.45, 2.75) is 31.2 Å². The fourth-order valence-corrected chi connectivity index (χ4v) is 3.70. The van der Waals surface area contributed by atoms with Gasteiger partial charge in [-0.3, -0.25) is 4.79 Å². The Morgan fingerprint density at radius 3 is 2.30 bits per heavy atom. The van der Waals surface area contributed by atoms with Crippen molar-refractivity contribution < 1.29 is 23.1 Å². The molecule has 0 spiro atoms. The molecular weight excluding hydrogens is 368 g/mol. The van der Waals surface area contributed by atoms with Crippen molar-refractivity contribution >= 4 is 21.9 Å². The van der Waals surface area contributed by atoms with Crippen LogP contribution in [0.1, 0.15) is 40.1 Å². The molecule has 2 aromatic carbocycles. The lowest BCUT2D eigenvalue weighted by molar-refractivity contribution is 0.0696. The summed E-state index contributed by atoms with van der Waals surface area (Å²) in [6.07, 6.45) is 0.484. The van der Waals surface area contributed by atoms with E-state index in [2.05, 4.69) is 10.0 Å². The highest BCUT2D eigenvalue weighted by Gasteiger charge is 2.16. The van der Waals surface area contributed by atoms with Gasteiger partial charge in [0.15, 0.2) is 0 Å². The van der Waals surface area contributed by atoms with Gasteiger partial charge in [-0.05, 0) is 62.2 Å². The zero-order valence-corrected chi connectivity index (χ0v) is 15.9. The number of carbonyl (C=O) groups excluding carboxylic acids is 1. The highest BCUT2D eigenvalue weighted by atomic mass is 32.2. The largest absolute Gasteiger partial charge is 0.478 e. The first kappa shape index (κ1) is 20.6. The van der Waals surface area contributed by atoms with Crippen molar-refractivity contribution in [2.24, 2.45) is 0 Å². The lowest BCUT2D eigenvalue weighted by Gasteiger charge is -2.10. The zero-order chi connectivity index (χ0) is 20.0. The van der Waals surface area contributed by atoms with Gasteiger partial charge in [-0.25, -0.2) is 17.9 Å². The van der Waals surface area contributed by atoms with Gasteiger partial charge in [0.05, 0.1) is 10.5 Å².